The van der Waals surface area contributed by atoms with Crippen molar-refractivity contribution < 1.29 is 13.2 Å². The Labute approximate surface area is 131 Å². The number of alkyl halides is 3. The Hall–Kier alpha value is -1.95. The van der Waals surface area contributed by atoms with Gasteiger partial charge in [-0.3, -0.25) is 5.43 Å². The first-order valence-corrected chi connectivity index (χ1v) is 7.67. The van der Waals surface area contributed by atoms with Crippen molar-refractivity contribution in [1.29, 1.82) is 0 Å². The fourth-order valence-corrected chi connectivity index (χ4v) is 2.39. The van der Waals surface area contributed by atoms with E-state index < -0.39 is 11.7 Å². The minimum Gasteiger partial charge on any atom is -0.279 e. The monoisotopic (exact) mass is 324 g/mol. The molecule has 2 nitrogen and oxygen atoms in total. The van der Waals surface area contributed by atoms with Crippen molar-refractivity contribution in [2.45, 2.75) is 18.0 Å². The van der Waals surface area contributed by atoms with Gasteiger partial charge in [-0.2, -0.15) is 18.3 Å². The van der Waals surface area contributed by atoms with Gasteiger partial charge in [0.05, 0.1) is 17.5 Å². The van der Waals surface area contributed by atoms with Gasteiger partial charge in [-0.05, 0) is 47.7 Å². The molecule has 0 amide bonds. The quantitative estimate of drug-likeness (QED) is 0.461. The predicted molar refractivity (Wildman–Crippen MR) is 85.5 cm³/mol. The highest BCUT2D eigenvalue weighted by Gasteiger charge is 2.29. The molecule has 0 aliphatic heterocycles. The molecule has 22 heavy (non-hydrogen) atoms. The number of hydrazone groups is 1. The second-order valence-electron chi connectivity index (χ2n) is 4.45. The molecule has 0 aromatic heterocycles. The average molecular weight is 324 g/mol. The van der Waals surface area contributed by atoms with E-state index in [1.54, 1.807) is 18.0 Å². The number of halogens is 3. The Morgan fingerprint density at radius 3 is 2.23 bits per heavy atom. The van der Waals surface area contributed by atoms with Crippen molar-refractivity contribution in [3.8, 4) is 0 Å². The van der Waals surface area contributed by atoms with Gasteiger partial charge in [-0.25, -0.2) is 0 Å². The van der Waals surface area contributed by atoms with Gasteiger partial charge in [-0.1, -0.05) is 19.1 Å². The smallest absolute Gasteiger partial charge is 0.279 e. The molecule has 0 spiro atoms. The lowest BCUT2D eigenvalue weighted by Crippen LogP contribution is -2.04. The van der Waals surface area contributed by atoms with E-state index >= 15 is 0 Å². The summed E-state index contributed by atoms with van der Waals surface area (Å²) in [5, 5.41) is 4.02. The van der Waals surface area contributed by atoms with Crippen LogP contribution in [-0.2, 0) is 6.18 Å². The standard InChI is InChI=1S/C16H15F3N2S/c1-2-22-15-9-3-12(4-10-15)11-20-21-14-7-5-13(6-8-14)16(17,18)19/h3-11,21H,2H2,1H3. The maximum Gasteiger partial charge on any atom is 0.416 e. The third-order valence-corrected chi connectivity index (χ3v) is 3.70. The fraction of sp³-hybridized carbons (Fsp3) is 0.188. The zero-order valence-electron chi connectivity index (χ0n) is 11.9. The van der Waals surface area contributed by atoms with Crippen LogP contribution in [0.4, 0.5) is 18.9 Å². The summed E-state index contributed by atoms with van der Waals surface area (Å²) >= 11 is 1.76. The third-order valence-electron chi connectivity index (χ3n) is 2.81. The highest BCUT2D eigenvalue weighted by molar-refractivity contribution is 7.99. The second-order valence-corrected chi connectivity index (χ2v) is 5.78. The molecule has 2 aromatic rings. The Morgan fingerprint density at radius 1 is 1.05 bits per heavy atom. The van der Waals surface area contributed by atoms with Gasteiger partial charge in [0, 0.05) is 4.90 Å². The first-order chi connectivity index (χ1) is 10.5. The van der Waals surface area contributed by atoms with Crippen LogP contribution in [0.25, 0.3) is 0 Å². The van der Waals surface area contributed by atoms with Crippen molar-refractivity contribution in [1.82, 2.24) is 0 Å². The maximum absolute atomic E-state index is 12.4. The zero-order valence-corrected chi connectivity index (χ0v) is 12.7. The molecule has 1 N–H and O–H groups in total. The van der Waals surface area contributed by atoms with E-state index in [1.807, 2.05) is 24.3 Å². The van der Waals surface area contributed by atoms with E-state index in [0.29, 0.717) is 5.69 Å². The largest absolute Gasteiger partial charge is 0.416 e. The van der Waals surface area contributed by atoms with Crippen LogP contribution in [-0.4, -0.2) is 12.0 Å². The van der Waals surface area contributed by atoms with Gasteiger partial charge in [0.2, 0.25) is 0 Å². The van der Waals surface area contributed by atoms with Crippen LogP contribution in [0.2, 0.25) is 0 Å². The van der Waals surface area contributed by atoms with Crippen molar-refractivity contribution in [3.63, 3.8) is 0 Å². The topological polar surface area (TPSA) is 24.4 Å². The molecule has 0 heterocycles. The van der Waals surface area contributed by atoms with Crippen LogP contribution in [0.15, 0.2) is 58.5 Å². The maximum atomic E-state index is 12.4. The Balaban J connectivity index is 1.94. The van der Waals surface area contributed by atoms with E-state index in [9.17, 15) is 13.2 Å². The summed E-state index contributed by atoms with van der Waals surface area (Å²) in [6, 6.07) is 12.6. The number of anilines is 1. The number of benzene rings is 2. The molecule has 116 valence electrons. The number of nitrogens with zero attached hydrogens (tertiary/aromatic N) is 1. The summed E-state index contributed by atoms with van der Waals surface area (Å²) in [5.74, 6) is 1.02. The van der Waals surface area contributed by atoms with Crippen molar-refractivity contribution in [2.75, 3.05) is 11.2 Å². The number of hydrogen-bond acceptors (Lipinski definition) is 3. The summed E-state index contributed by atoms with van der Waals surface area (Å²) in [6.45, 7) is 2.09. The first-order valence-electron chi connectivity index (χ1n) is 6.68. The molecule has 0 unspecified atom stereocenters. The lowest BCUT2D eigenvalue weighted by atomic mass is 10.2. The van der Waals surface area contributed by atoms with Crippen LogP contribution >= 0.6 is 11.8 Å². The van der Waals surface area contributed by atoms with Gasteiger partial charge in [-0.15, -0.1) is 11.8 Å². The molecule has 2 rings (SSSR count). The lowest BCUT2D eigenvalue weighted by Gasteiger charge is -2.07. The van der Waals surface area contributed by atoms with Crippen LogP contribution in [0.5, 0.6) is 0 Å². The van der Waals surface area contributed by atoms with Gasteiger partial charge in [0.15, 0.2) is 0 Å². The Kier molecular flexibility index (Phi) is 5.49. The number of thioether (sulfide) groups is 1. The van der Waals surface area contributed by atoms with Crippen LogP contribution in [0.3, 0.4) is 0 Å². The second kappa shape index (κ2) is 7.35. The number of hydrogen-bond donors (Lipinski definition) is 1. The molecule has 0 atom stereocenters. The summed E-state index contributed by atoms with van der Waals surface area (Å²) in [5.41, 5.74) is 3.45. The van der Waals surface area contributed by atoms with E-state index in [4.69, 9.17) is 0 Å². The van der Waals surface area contributed by atoms with Crippen molar-refractivity contribution in [2.24, 2.45) is 5.10 Å². The molecular formula is C16H15F3N2S. The fourth-order valence-electron chi connectivity index (χ4n) is 1.73. The van der Waals surface area contributed by atoms with Gasteiger partial charge >= 0.3 is 6.18 Å². The van der Waals surface area contributed by atoms with Gasteiger partial charge < -0.3 is 0 Å². The highest BCUT2D eigenvalue weighted by Crippen LogP contribution is 2.29. The molecule has 0 saturated carbocycles. The van der Waals surface area contributed by atoms with E-state index in [0.717, 1.165) is 23.4 Å². The number of nitrogens with one attached hydrogen (secondary N) is 1. The van der Waals surface area contributed by atoms with Gasteiger partial charge in [0.1, 0.15) is 0 Å². The SMILES string of the molecule is CCSc1ccc(C=NNc2ccc(C(F)(F)F)cc2)cc1. The molecule has 2 aromatic carbocycles. The van der Waals surface area contributed by atoms with Crippen molar-refractivity contribution >= 4 is 23.7 Å². The Bertz CT molecular complexity index is 619. The van der Waals surface area contributed by atoms with E-state index in [-0.39, 0.29) is 0 Å². The molecule has 6 heteroatoms. The highest BCUT2D eigenvalue weighted by atomic mass is 32.2. The molecule has 0 fully saturated rings. The first kappa shape index (κ1) is 16.4. The zero-order chi connectivity index (χ0) is 16.0. The van der Waals surface area contributed by atoms with Crippen molar-refractivity contribution in [3.05, 3.63) is 59.7 Å². The number of rotatable bonds is 5. The molecule has 0 bridgehead atoms. The third kappa shape index (κ3) is 4.80. The lowest BCUT2D eigenvalue weighted by molar-refractivity contribution is -0.137. The summed E-state index contributed by atoms with van der Waals surface area (Å²) in [4.78, 5) is 1.19. The molecule has 0 aliphatic rings. The Morgan fingerprint density at radius 2 is 1.68 bits per heavy atom. The predicted octanol–water partition coefficient (Wildman–Crippen LogP) is 5.26. The average Bonchev–Trinajstić information content (AvgIpc) is 2.49. The normalized spacial score (nSPS) is 11.8. The van der Waals surface area contributed by atoms with Gasteiger partial charge in [0.25, 0.3) is 0 Å². The van der Waals surface area contributed by atoms with Crippen LogP contribution in [0, 0.1) is 0 Å². The molecular weight excluding hydrogens is 309 g/mol. The van der Waals surface area contributed by atoms with E-state index in [1.165, 1.54) is 17.0 Å². The van der Waals surface area contributed by atoms with Crippen LogP contribution < -0.4 is 5.43 Å². The van der Waals surface area contributed by atoms with E-state index in [2.05, 4.69) is 17.5 Å². The minimum absolute atomic E-state index is 0.502. The minimum atomic E-state index is -4.32. The summed E-state index contributed by atoms with van der Waals surface area (Å²) in [6.07, 6.45) is -2.70. The molecule has 0 saturated heterocycles. The summed E-state index contributed by atoms with van der Waals surface area (Å²) in [7, 11) is 0. The summed E-state index contributed by atoms with van der Waals surface area (Å²) < 4.78 is 37.3. The van der Waals surface area contributed by atoms with Crippen LogP contribution in [0.1, 0.15) is 18.1 Å². The molecule has 0 radical (unpaired) electrons. The molecule has 0 aliphatic carbocycles.